The molecule has 0 radical (unpaired) electrons. The molecule has 112 valence electrons. The number of hydrogen-bond acceptors (Lipinski definition) is 2. The van der Waals surface area contributed by atoms with Crippen molar-refractivity contribution in [2.75, 3.05) is 11.9 Å². The number of alkyl halides is 3. The molecule has 2 nitrogen and oxygen atoms in total. The number of anilines is 1. The van der Waals surface area contributed by atoms with E-state index in [1.165, 1.54) is 12.1 Å². The predicted molar refractivity (Wildman–Crippen MR) is 72.6 cm³/mol. The van der Waals surface area contributed by atoms with Crippen molar-refractivity contribution in [3.63, 3.8) is 0 Å². The Morgan fingerprint density at radius 1 is 1.00 bits per heavy atom. The summed E-state index contributed by atoms with van der Waals surface area (Å²) in [6, 6.07) is 4.92. The van der Waals surface area contributed by atoms with Gasteiger partial charge in [-0.3, -0.25) is 0 Å². The minimum absolute atomic E-state index is 0.387. The molecule has 1 aliphatic rings. The molecule has 0 aliphatic heterocycles. The Kier molecular flexibility index (Phi) is 4.58. The second kappa shape index (κ2) is 6.04. The normalized spacial score (nSPS) is 19.4. The third-order valence-corrected chi connectivity index (χ3v) is 3.87. The Morgan fingerprint density at radius 2 is 1.55 bits per heavy atom. The Labute approximate surface area is 117 Å². The molecule has 0 unspecified atom stereocenters. The lowest BCUT2D eigenvalue weighted by atomic mass is 9.94. The van der Waals surface area contributed by atoms with Gasteiger partial charge in [-0.25, -0.2) is 0 Å². The van der Waals surface area contributed by atoms with Gasteiger partial charge in [0.2, 0.25) is 0 Å². The summed E-state index contributed by atoms with van der Waals surface area (Å²) in [5, 5.41) is 13.5. The minimum atomic E-state index is -4.31. The number of aliphatic hydroxyl groups is 1. The maximum Gasteiger partial charge on any atom is 0.416 e. The molecule has 0 saturated heterocycles. The molecule has 20 heavy (non-hydrogen) atoms. The van der Waals surface area contributed by atoms with Gasteiger partial charge in [-0.2, -0.15) is 13.2 Å². The highest BCUT2D eigenvalue weighted by Crippen LogP contribution is 2.30. The molecule has 1 aliphatic carbocycles. The summed E-state index contributed by atoms with van der Waals surface area (Å²) in [5.74, 6) is 0. The summed E-state index contributed by atoms with van der Waals surface area (Å²) < 4.78 is 37.3. The zero-order valence-electron chi connectivity index (χ0n) is 11.3. The summed E-state index contributed by atoms with van der Waals surface area (Å²) in [5.41, 5.74) is -0.786. The van der Waals surface area contributed by atoms with Crippen LogP contribution in [-0.2, 0) is 6.18 Å². The quantitative estimate of drug-likeness (QED) is 0.816. The van der Waals surface area contributed by atoms with Crippen LogP contribution in [0.2, 0.25) is 0 Å². The summed E-state index contributed by atoms with van der Waals surface area (Å²) in [7, 11) is 0. The third-order valence-electron chi connectivity index (χ3n) is 3.87. The van der Waals surface area contributed by atoms with Crippen LogP contribution in [0.5, 0.6) is 0 Å². The lowest BCUT2D eigenvalue weighted by molar-refractivity contribution is -0.137. The highest BCUT2D eigenvalue weighted by molar-refractivity contribution is 5.45. The molecule has 2 rings (SSSR count). The molecule has 0 amide bonds. The van der Waals surface area contributed by atoms with E-state index in [0.29, 0.717) is 12.2 Å². The van der Waals surface area contributed by atoms with E-state index in [-0.39, 0.29) is 0 Å². The second-order valence-electron chi connectivity index (χ2n) is 5.57. The number of nitrogens with one attached hydrogen (secondary N) is 1. The topological polar surface area (TPSA) is 32.3 Å². The third kappa shape index (κ3) is 4.13. The van der Waals surface area contributed by atoms with Gasteiger partial charge >= 0.3 is 6.18 Å². The molecule has 1 saturated carbocycles. The van der Waals surface area contributed by atoms with E-state index in [2.05, 4.69) is 5.32 Å². The molecule has 0 atom stereocenters. The molecule has 0 spiro atoms. The van der Waals surface area contributed by atoms with Gasteiger partial charge in [0, 0.05) is 12.2 Å². The highest BCUT2D eigenvalue weighted by Gasteiger charge is 2.30. The van der Waals surface area contributed by atoms with Crippen molar-refractivity contribution < 1.29 is 18.3 Å². The van der Waals surface area contributed by atoms with Gasteiger partial charge in [-0.15, -0.1) is 0 Å². The minimum Gasteiger partial charge on any atom is -0.388 e. The highest BCUT2D eigenvalue weighted by atomic mass is 19.4. The van der Waals surface area contributed by atoms with Gasteiger partial charge in [0.1, 0.15) is 0 Å². The molecular formula is C15H20F3NO. The van der Waals surface area contributed by atoms with E-state index in [0.717, 1.165) is 50.7 Å². The monoisotopic (exact) mass is 287 g/mol. The first-order valence-corrected chi connectivity index (χ1v) is 7.03. The van der Waals surface area contributed by atoms with Crippen LogP contribution in [0.15, 0.2) is 24.3 Å². The van der Waals surface area contributed by atoms with Crippen molar-refractivity contribution in [1.29, 1.82) is 0 Å². The Hall–Kier alpha value is -1.23. The van der Waals surface area contributed by atoms with Crippen LogP contribution in [0.4, 0.5) is 18.9 Å². The van der Waals surface area contributed by atoms with Gasteiger partial charge in [0.25, 0.3) is 0 Å². The van der Waals surface area contributed by atoms with Crippen molar-refractivity contribution in [2.24, 2.45) is 0 Å². The molecule has 1 aromatic rings. The second-order valence-corrected chi connectivity index (χ2v) is 5.57. The predicted octanol–water partition coefficient (Wildman–Crippen LogP) is 4.20. The molecule has 0 bridgehead atoms. The van der Waals surface area contributed by atoms with E-state index in [9.17, 15) is 18.3 Å². The van der Waals surface area contributed by atoms with E-state index in [4.69, 9.17) is 0 Å². The zero-order valence-corrected chi connectivity index (χ0v) is 11.3. The zero-order chi connectivity index (χ0) is 14.6. The van der Waals surface area contributed by atoms with Crippen molar-refractivity contribution >= 4 is 5.69 Å². The SMILES string of the molecule is OC1(CNc2ccc(C(F)(F)F)cc2)CCCCCC1. The maximum atomic E-state index is 12.4. The van der Waals surface area contributed by atoms with E-state index in [1.54, 1.807) is 0 Å². The fraction of sp³-hybridized carbons (Fsp3) is 0.600. The van der Waals surface area contributed by atoms with Crippen molar-refractivity contribution in [3.05, 3.63) is 29.8 Å². The van der Waals surface area contributed by atoms with Crippen LogP contribution < -0.4 is 5.32 Å². The van der Waals surface area contributed by atoms with Crippen LogP contribution >= 0.6 is 0 Å². The van der Waals surface area contributed by atoms with Crippen molar-refractivity contribution in [1.82, 2.24) is 0 Å². The first-order chi connectivity index (χ1) is 9.39. The standard InChI is InChI=1S/C15H20F3NO/c16-15(17,18)12-5-7-13(8-6-12)19-11-14(20)9-3-1-2-4-10-14/h5-8,19-20H,1-4,9-11H2. The lowest BCUT2D eigenvalue weighted by Gasteiger charge is -2.27. The maximum absolute atomic E-state index is 12.4. The Bertz CT molecular complexity index is 420. The van der Waals surface area contributed by atoms with E-state index < -0.39 is 17.3 Å². The molecule has 1 fully saturated rings. The van der Waals surface area contributed by atoms with Crippen LogP contribution in [0.3, 0.4) is 0 Å². The van der Waals surface area contributed by atoms with Crippen molar-refractivity contribution in [2.45, 2.75) is 50.3 Å². The van der Waals surface area contributed by atoms with Crippen LogP contribution in [0, 0.1) is 0 Å². The first-order valence-electron chi connectivity index (χ1n) is 7.03. The van der Waals surface area contributed by atoms with Gasteiger partial charge in [0.05, 0.1) is 11.2 Å². The van der Waals surface area contributed by atoms with E-state index in [1.807, 2.05) is 0 Å². The summed E-state index contributed by atoms with van der Waals surface area (Å²) >= 11 is 0. The molecule has 1 aromatic carbocycles. The fourth-order valence-electron chi connectivity index (χ4n) is 2.61. The largest absolute Gasteiger partial charge is 0.416 e. The van der Waals surface area contributed by atoms with Crippen LogP contribution in [0.1, 0.15) is 44.1 Å². The van der Waals surface area contributed by atoms with Crippen LogP contribution in [-0.4, -0.2) is 17.3 Å². The average molecular weight is 287 g/mol. The summed E-state index contributed by atoms with van der Waals surface area (Å²) in [4.78, 5) is 0. The van der Waals surface area contributed by atoms with Crippen molar-refractivity contribution in [3.8, 4) is 0 Å². The molecular weight excluding hydrogens is 267 g/mol. The number of rotatable bonds is 3. The molecule has 5 heteroatoms. The average Bonchev–Trinajstić information content (AvgIpc) is 2.61. The number of hydrogen-bond donors (Lipinski definition) is 2. The summed E-state index contributed by atoms with van der Waals surface area (Å²) in [6.45, 7) is 0.387. The van der Waals surface area contributed by atoms with E-state index >= 15 is 0 Å². The smallest absolute Gasteiger partial charge is 0.388 e. The molecule has 2 N–H and O–H groups in total. The van der Waals surface area contributed by atoms with Crippen LogP contribution in [0.25, 0.3) is 0 Å². The number of halogens is 3. The lowest BCUT2D eigenvalue weighted by Crippen LogP contribution is -2.36. The Morgan fingerprint density at radius 3 is 2.05 bits per heavy atom. The van der Waals surface area contributed by atoms with Gasteiger partial charge in [0.15, 0.2) is 0 Å². The van der Waals surface area contributed by atoms with Gasteiger partial charge in [-0.1, -0.05) is 25.7 Å². The fourth-order valence-corrected chi connectivity index (χ4v) is 2.61. The molecule has 0 heterocycles. The number of benzene rings is 1. The summed E-state index contributed by atoms with van der Waals surface area (Å²) in [6.07, 6.45) is 1.49. The van der Waals surface area contributed by atoms with Gasteiger partial charge < -0.3 is 10.4 Å². The van der Waals surface area contributed by atoms with Gasteiger partial charge in [-0.05, 0) is 37.1 Å². The first kappa shape index (κ1) is 15.2. The molecule has 0 aromatic heterocycles. The Balaban J connectivity index is 1.93.